The van der Waals surface area contributed by atoms with Crippen molar-refractivity contribution in [2.45, 2.75) is 6.92 Å². The number of anilines is 1. The molecule has 0 aliphatic heterocycles. The van der Waals surface area contributed by atoms with Gasteiger partial charge < -0.3 is 10.5 Å². The molecule has 1 rings (SSSR count). The lowest BCUT2D eigenvalue weighted by atomic mass is 10.8. The molecule has 1 amide bonds. The number of amides is 1. The monoisotopic (exact) mass is 191 g/mol. The zero-order valence-electron chi connectivity index (χ0n) is 5.94. The fraction of sp³-hybridized carbons (Fsp3) is 0.200. The van der Waals surface area contributed by atoms with E-state index in [0.29, 0.717) is 5.13 Å². The van der Waals surface area contributed by atoms with Crippen LogP contribution >= 0.6 is 24.2 Å². The molecule has 62 valence electrons. The highest BCUT2D eigenvalue weighted by molar-refractivity contribution is 7.78. The number of hydrogen-bond acceptors (Lipinski definition) is 5. The van der Waals surface area contributed by atoms with E-state index in [4.69, 9.17) is 5.73 Å². The van der Waals surface area contributed by atoms with Gasteiger partial charge in [-0.3, -0.25) is 4.79 Å². The summed E-state index contributed by atoms with van der Waals surface area (Å²) in [5.41, 5.74) is 5.19. The van der Waals surface area contributed by atoms with Crippen LogP contribution in [0.4, 0.5) is 5.13 Å². The zero-order valence-corrected chi connectivity index (χ0v) is 7.65. The fourth-order valence-electron chi connectivity index (χ4n) is 0.234. The summed E-state index contributed by atoms with van der Waals surface area (Å²) in [4.78, 5) is 13.3. The Bertz CT molecular complexity index is 200. The van der Waals surface area contributed by atoms with Gasteiger partial charge >= 0.3 is 0 Å². The number of rotatable bonds is 0. The van der Waals surface area contributed by atoms with E-state index in [1.807, 2.05) is 5.38 Å². The Morgan fingerprint density at radius 3 is 2.55 bits per heavy atom. The quantitative estimate of drug-likeness (QED) is 0.529. The van der Waals surface area contributed by atoms with Crippen molar-refractivity contribution in [1.29, 1.82) is 0 Å². The van der Waals surface area contributed by atoms with E-state index in [1.165, 1.54) is 18.3 Å². The molecule has 0 aliphatic carbocycles. The number of nitrogens with two attached hydrogens (primary N) is 1. The predicted molar refractivity (Wildman–Crippen MR) is 49.3 cm³/mol. The minimum Gasteiger partial charge on any atom is -0.375 e. The van der Waals surface area contributed by atoms with Gasteiger partial charge in [-0.15, -0.1) is 11.3 Å². The molecule has 1 aromatic rings. The second-order valence-corrected chi connectivity index (χ2v) is 2.69. The lowest BCUT2D eigenvalue weighted by Crippen LogP contribution is -2.04. The van der Waals surface area contributed by atoms with Gasteiger partial charge in [-0.1, -0.05) is 12.8 Å². The van der Waals surface area contributed by atoms with Gasteiger partial charge in [0.15, 0.2) is 5.13 Å². The number of thiazole rings is 1. The zero-order chi connectivity index (χ0) is 8.69. The average molecular weight is 191 g/mol. The van der Waals surface area contributed by atoms with Gasteiger partial charge in [0.2, 0.25) is 5.91 Å². The van der Waals surface area contributed by atoms with Gasteiger partial charge in [0.25, 0.3) is 0 Å². The number of carbonyl (C=O) groups is 1. The summed E-state index contributed by atoms with van der Waals surface area (Å²) >= 11 is 4.86. The number of thiol groups is 1. The molecule has 0 atom stereocenters. The van der Waals surface area contributed by atoms with Gasteiger partial charge in [0.1, 0.15) is 0 Å². The Kier molecular flexibility index (Phi) is 5.58. The van der Waals surface area contributed by atoms with Crippen LogP contribution < -0.4 is 10.5 Å². The van der Waals surface area contributed by atoms with Crippen molar-refractivity contribution in [2.75, 3.05) is 5.73 Å². The number of hydrogen-bond donors (Lipinski definition) is 3. The third kappa shape index (κ3) is 7.14. The van der Waals surface area contributed by atoms with Crippen LogP contribution in [0, 0.1) is 0 Å². The van der Waals surface area contributed by atoms with Gasteiger partial charge in [0.05, 0.1) is 0 Å². The van der Waals surface area contributed by atoms with Gasteiger partial charge in [-0.25, -0.2) is 4.98 Å². The van der Waals surface area contributed by atoms with Crippen molar-refractivity contribution >= 4 is 35.2 Å². The Morgan fingerprint density at radius 2 is 2.45 bits per heavy atom. The smallest absolute Gasteiger partial charge is 0.226 e. The Labute approximate surface area is 74.4 Å². The Morgan fingerprint density at radius 1 is 1.91 bits per heavy atom. The molecule has 0 aliphatic rings. The number of nitrogens with one attached hydrogen (secondary N) is 1. The highest BCUT2D eigenvalue weighted by Gasteiger charge is 1.76. The summed E-state index contributed by atoms with van der Waals surface area (Å²) < 4.78 is 2.08. The second kappa shape index (κ2) is 5.99. The maximum atomic E-state index is 9.62. The predicted octanol–water partition coefficient (Wildman–Crippen LogP) is 0.693. The van der Waals surface area contributed by atoms with E-state index < -0.39 is 0 Å². The molecule has 1 heterocycles. The lowest BCUT2D eigenvalue weighted by molar-refractivity contribution is -0.117. The molecule has 0 saturated heterocycles. The molecule has 0 radical (unpaired) electrons. The van der Waals surface area contributed by atoms with Crippen LogP contribution in [0.15, 0.2) is 11.6 Å². The normalized spacial score (nSPS) is 7.82. The third-order valence-electron chi connectivity index (χ3n) is 0.609. The summed E-state index contributed by atoms with van der Waals surface area (Å²) in [7, 11) is 0. The van der Waals surface area contributed by atoms with Crippen LogP contribution in [0.25, 0.3) is 0 Å². The largest absolute Gasteiger partial charge is 0.375 e. The molecule has 0 saturated carbocycles. The fourth-order valence-corrected chi connectivity index (χ4v) is 0.617. The van der Waals surface area contributed by atoms with Crippen LogP contribution in [0.1, 0.15) is 6.92 Å². The van der Waals surface area contributed by atoms with Crippen LogP contribution in [-0.4, -0.2) is 10.9 Å². The van der Waals surface area contributed by atoms with E-state index in [9.17, 15) is 4.79 Å². The molecule has 0 spiro atoms. The van der Waals surface area contributed by atoms with E-state index in [0.717, 1.165) is 0 Å². The van der Waals surface area contributed by atoms with E-state index in [2.05, 4.69) is 22.5 Å². The first kappa shape index (κ1) is 10.2. The lowest BCUT2D eigenvalue weighted by Gasteiger charge is -1.78. The van der Waals surface area contributed by atoms with Crippen LogP contribution in [-0.2, 0) is 4.79 Å². The molecular weight excluding hydrogens is 182 g/mol. The van der Waals surface area contributed by atoms with Crippen LogP contribution in [0.2, 0.25) is 0 Å². The van der Waals surface area contributed by atoms with Gasteiger partial charge in [-0.2, -0.15) is 0 Å². The molecule has 1 aromatic heterocycles. The van der Waals surface area contributed by atoms with Crippen molar-refractivity contribution in [3.63, 3.8) is 0 Å². The molecule has 11 heavy (non-hydrogen) atoms. The maximum absolute atomic E-state index is 9.62. The number of aromatic nitrogens is 1. The van der Waals surface area contributed by atoms with Crippen molar-refractivity contribution in [3.05, 3.63) is 11.6 Å². The summed E-state index contributed by atoms with van der Waals surface area (Å²) in [6.45, 7) is 1.40. The molecule has 0 bridgehead atoms. The Hall–Kier alpha value is -0.750. The first-order valence-electron chi connectivity index (χ1n) is 2.72. The molecule has 4 nitrogen and oxygen atoms in total. The van der Waals surface area contributed by atoms with Gasteiger partial charge in [-0.05, 0) is 0 Å². The van der Waals surface area contributed by atoms with E-state index in [-0.39, 0.29) is 5.91 Å². The summed E-state index contributed by atoms with van der Waals surface area (Å²) in [5, 5.41) is 2.48. The Balaban J connectivity index is 0.000000187. The average Bonchev–Trinajstić information content (AvgIpc) is 2.41. The highest BCUT2D eigenvalue weighted by atomic mass is 32.1. The molecule has 0 unspecified atom stereocenters. The summed E-state index contributed by atoms with van der Waals surface area (Å²) in [6.07, 6.45) is 1.68. The number of nitrogens with zero attached hydrogens (tertiary/aromatic N) is 1. The van der Waals surface area contributed by atoms with Crippen molar-refractivity contribution < 1.29 is 4.79 Å². The molecule has 3 N–H and O–H groups in total. The highest BCUT2D eigenvalue weighted by Crippen LogP contribution is 2.02. The van der Waals surface area contributed by atoms with E-state index in [1.54, 1.807) is 6.20 Å². The molecule has 0 aromatic carbocycles. The molecular formula is C5H9N3OS2. The SMILES string of the molecule is CC(=O)NS.Nc1nccs1. The van der Waals surface area contributed by atoms with Gasteiger partial charge in [0, 0.05) is 18.5 Å². The second-order valence-electron chi connectivity index (χ2n) is 1.54. The minimum absolute atomic E-state index is 0.131. The van der Waals surface area contributed by atoms with Crippen molar-refractivity contribution in [2.24, 2.45) is 0 Å². The van der Waals surface area contributed by atoms with Crippen LogP contribution in [0.5, 0.6) is 0 Å². The molecule has 0 fully saturated rings. The van der Waals surface area contributed by atoms with E-state index >= 15 is 0 Å². The van der Waals surface area contributed by atoms with Crippen LogP contribution in [0.3, 0.4) is 0 Å². The molecule has 6 heteroatoms. The summed E-state index contributed by atoms with van der Waals surface area (Å²) in [6, 6.07) is 0. The minimum atomic E-state index is -0.131. The maximum Gasteiger partial charge on any atom is 0.226 e. The third-order valence-corrected chi connectivity index (χ3v) is 1.53. The summed E-state index contributed by atoms with van der Waals surface area (Å²) in [5.74, 6) is -0.131. The first-order valence-corrected chi connectivity index (χ1v) is 4.05. The van der Waals surface area contributed by atoms with Crippen molar-refractivity contribution in [1.82, 2.24) is 9.71 Å². The number of carbonyl (C=O) groups excluding carboxylic acids is 1. The first-order chi connectivity index (χ1) is 5.16. The standard InChI is InChI=1S/C3H4N2S.C2H5NOS/c4-3-5-1-2-6-3;1-2(4)3-5/h1-2H,(H2,4,5);5H,1H3,(H,3,4). The van der Waals surface area contributed by atoms with Crippen molar-refractivity contribution in [3.8, 4) is 0 Å². The topological polar surface area (TPSA) is 68.0 Å². The number of nitrogen functional groups attached to an aromatic ring is 1.